The molecule has 58 valence electrons. The van der Waals surface area contributed by atoms with E-state index >= 15 is 0 Å². The van der Waals surface area contributed by atoms with Gasteiger partial charge in [0.15, 0.2) is 5.78 Å². The predicted molar refractivity (Wildman–Crippen MR) is 44.5 cm³/mol. The monoisotopic (exact) mass is 168 g/mol. The van der Waals surface area contributed by atoms with Crippen LogP contribution in [-0.4, -0.2) is 11.2 Å². The summed E-state index contributed by atoms with van der Waals surface area (Å²) >= 11 is 5.82. The summed E-state index contributed by atoms with van der Waals surface area (Å²) in [6.07, 6.45) is 8.89. The van der Waals surface area contributed by atoms with Crippen molar-refractivity contribution in [2.24, 2.45) is 11.8 Å². The Morgan fingerprint density at radius 3 is 3.09 bits per heavy atom. The summed E-state index contributed by atoms with van der Waals surface area (Å²) in [6.45, 7) is 0. The van der Waals surface area contributed by atoms with E-state index in [9.17, 15) is 4.79 Å². The number of hydrogen-bond donors (Lipinski definition) is 0. The van der Waals surface area contributed by atoms with Crippen molar-refractivity contribution < 1.29 is 4.79 Å². The van der Waals surface area contributed by atoms with E-state index in [1.165, 1.54) is 0 Å². The van der Waals surface area contributed by atoms with Crippen LogP contribution in [0.5, 0.6) is 0 Å². The maximum absolute atomic E-state index is 11.1. The molecule has 1 saturated carbocycles. The van der Waals surface area contributed by atoms with Gasteiger partial charge in [0.1, 0.15) is 0 Å². The minimum Gasteiger partial charge on any atom is -0.298 e. The highest BCUT2D eigenvalue weighted by atomic mass is 35.5. The average Bonchev–Trinajstić information content (AvgIpc) is 2.25. The summed E-state index contributed by atoms with van der Waals surface area (Å²) in [5.74, 6) is 0.680. The SMILES string of the molecule is O=C1C(Cl)C2C=CC=CCC12. The molecule has 2 aliphatic carbocycles. The van der Waals surface area contributed by atoms with Gasteiger partial charge < -0.3 is 0 Å². The number of Topliss-reactive ketones (excluding diaryl/α,β-unsaturated/α-hetero) is 1. The number of hydrogen-bond acceptors (Lipinski definition) is 1. The Kier molecular flexibility index (Phi) is 1.61. The Morgan fingerprint density at radius 2 is 2.27 bits per heavy atom. The molecular formula is C9H9ClO. The maximum Gasteiger partial charge on any atom is 0.155 e. The number of fused-ring (bicyclic) bond motifs is 1. The summed E-state index contributed by atoms with van der Waals surface area (Å²) in [5.41, 5.74) is 0. The van der Waals surface area contributed by atoms with E-state index in [0.29, 0.717) is 5.92 Å². The van der Waals surface area contributed by atoms with Crippen molar-refractivity contribution in [3.63, 3.8) is 0 Å². The molecule has 11 heavy (non-hydrogen) atoms. The van der Waals surface area contributed by atoms with E-state index in [-0.39, 0.29) is 17.1 Å². The molecule has 0 aromatic heterocycles. The molecule has 2 aliphatic rings. The van der Waals surface area contributed by atoms with E-state index in [1.807, 2.05) is 24.3 Å². The normalized spacial score (nSPS) is 41.2. The summed E-state index contributed by atoms with van der Waals surface area (Å²) < 4.78 is 0. The maximum atomic E-state index is 11.1. The first kappa shape index (κ1) is 7.11. The second-order valence-electron chi connectivity index (χ2n) is 3.04. The molecule has 0 saturated heterocycles. The lowest BCUT2D eigenvalue weighted by molar-refractivity contribution is -0.131. The molecule has 0 radical (unpaired) electrons. The lowest BCUT2D eigenvalue weighted by Gasteiger charge is -2.36. The lowest BCUT2D eigenvalue weighted by Crippen LogP contribution is -2.47. The largest absolute Gasteiger partial charge is 0.298 e. The molecule has 3 atom stereocenters. The average molecular weight is 169 g/mol. The highest BCUT2D eigenvalue weighted by Crippen LogP contribution is 2.39. The molecule has 3 unspecified atom stereocenters. The van der Waals surface area contributed by atoms with Crippen molar-refractivity contribution in [1.82, 2.24) is 0 Å². The Hall–Kier alpha value is -0.560. The van der Waals surface area contributed by atoms with E-state index in [4.69, 9.17) is 11.6 Å². The predicted octanol–water partition coefficient (Wildman–Crippen LogP) is 1.93. The molecule has 0 N–H and O–H groups in total. The number of carbonyl (C=O) groups excluding carboxylic acids is 1. The van der Waals surface area contributed by atoms with Gasteiger partial charge in [0, 0.05) is 11.8 Å². The van der Waals surface area contributed by atoms with Crippen LogP contribution in [0.4, 0.5) is 0 Å². The van der Waals surface area contributed by atoms with Gasteiger partial charge in [0.25, 0.3) is 0 Å². The van der Waals surface area contributed by atoms with Gasteiger partial charge in [-0.2, -0.15) is 0 Å². The third-order valence-corrected chi connectivity index (χ3v) is 2.92. The smallest absolute Gasteiger partial charge is 0.155 e. The number of halogens is 1. The van der Waals surface area contributed by atoms with Crippen LogP contribution >= 0.6 is 11.6 Å². The molecular weight excluding hydrogens is 160 g/mol. The zero-order chi connectivity index (χ0) is 7.84. The topological polar surface area (TPSA) is 17.1 Å². The third-order valence-electron chi connectivity index (χ3n) is 2.41. The van der Waals surface area contributed by atoms with Gasteiger partial charge >= 0.3 is 0 Å². The zero-order valence-electron chi connectivity index (χ0n) is 6.03. The summed E-state index contributed by atoms with van der Waals surface area (Å²) in [5, 5.41) is -0.254. The Balaban J connectivity index is 2.20. The number of ketones is 1. The second kappa shape index (κ2) is 2.49. The van der Waals surface area contributed by atoms with Crippen molar-refractivity contribution in [3.05, 3.63) is 24.3 Å². The fourth-order valence-corrected chi connectivity index (χ4v) is 2.09. The Labute approximate surface area is 70.7 Å². The molecule has 0 heterocycles. The third kappa shape index (κ3) is 0.951. The van der Waals surface area contributed by atoms with Crippen LogP contribution in [-0.2, 0) is 4.79 Å². The fourth-order valence-electron chi connectivity index (χ4n) is 1.67. The minimum atomic E-state index is -0.254. The van der Waals surface area contributed by atoms with Crippen LogP contribution in [0.1, 0.15) is 6.42 Å². The van der Waals surface area contributed by atoms with E-state index in [2.05, 4.69) is 0 Å². The highest BCUT2D eigenvalue weighted by molar-refractivity contribution is 6.34. The lowest BCUT2D eigenvalue weighted by atomic mass is 9.70. The van der Waals surface area contributed by atoms with E-state index in [1.54, 1.807) is 0 Å². The van der Waals surface area contributed by atoms with Gasteiger partial charge in [-0.05, 0) is 6.42 Å². The van der Waals surface area contributed by atoms with Crippen molar-refractivity contribution in [2.75, 3.05) is 0 Å². The van der Waals surface area contributed by atoms with Crippen molar-refractivity contribution in [1.29, 1.82) is 0 Å². The summed E-state index contributed by atoms with van der Waals surface area (Å²) in [4.78, 5) is 11.1. The van der Waals surface area contributed by atoms with Gasteiger partial charge in [-0.1, -0.05) is 24.3 Å². The molecule has 1 fully saturated rings. The zero-order valence-corrected chi connectivity index (χ0v) is 6.79. The molecule has 1 nitrogen and oxygen atoms in total. The Bertz CT molecular complexity index is 242. The summed E-state index contributed by atoms with van der Waals surface area (Å²) in [6, 6.07) is 0. The first-order valence-corrected chi connectivity index (χ1v) is 4.25. The first-order valence-electron chi connectivity index (χ1n) is 3.82. The molecule has 2 heteroatoms. The summed E-state index contributed by atoms with van der Waals surface area (Å²) in [7, 11) is 0. The second-order valence-corrected chi connectivity index (χ2v) is 3.51. The van der Waals surface area contributed by atoms with Gasteiger partial charge in [-0.3, -0.25) is 4.79 Å². The standard InChI is InChI=1S/C9H9ClO/c10-8-6-4-2-1-3-5-7(6)9(8)11/h1-4,6-8H,5H2. The molecule has 0 aromatic rings. The highest BCUT2D eigenvalue weighted by Gasteiger charge is 2.46. The van der Waals surface area contributed by atoms with Crippen molar-refractivity contribution in [2.45, 2.75) is 11.8 Å². The molecule has 0 aromatic carbocycles. The van der Waals surface area contributed by atoms with E-state index < -0.39 is 0 Å². The van der Waals surface area contributed by atoms with Gasteiger partial charge in [-0.25, -0.2) is 0 Å². The molecule has 2 rings (SSSR count). The number of carbonyl (C=O) groups is 1. The van der Waals surface area contributed by atoms with Crippen LogP contribution in [0.15, 0.2) is 24.3 Å². The van der Waals surface area contributed by atoms with Crippen molar-refractivity contribution >= 4 is 17.4 Å². The van der Waals surface area contributed by atoms with Crippen LogP contribution in [0, 0.1) is 11.8 Å². The fraction of sp³-hybridized carbons (Fsp3) is 0.444. The Morgan fingerprint density at radius 1 is 1.45 bits per heavy atom. The van der Waals surface area contributed by atoms with Crippen LogP contribution in [0.3, 0.4) is 0 Å². The van der Waals surface area contributed by atoms with E-state index in [0.717, 1.165) is 6.42 Å². The van der Waals surface area contributed by atoms with Gasteiger partial charge in [0.2, 0.25) is 0 Å². The van der Waals surface area contributed by atoms with Gasteiger partial charge in [0.05, 0.1) is 5.38 Å². The van der Waals surface area contributed by atoms with Crippen LogP contribution < -0.4 is 0 Å². The molecule has 0 amide bonds. The number of allylic oxidation sites excluding steroid dienone is 4. The van der Waals surface area contributed by atoms with Crippen molar-refractivity contribution in [3.8, 4) is 0 Å². The number of rotatable bonds is 0. The first-order chi connectivity index (χ1) is 5.30. The molecule has 0 bridgehead atoms. The minimum absolute atomic E-state index is 0.174. The molecule has 0 aliphatic heterocycles. The quantitative estimate of drug-likeness (QED) is 0.505. The number of alkyl halides is 1. The van der Waals surface area contributed by atoms with Crippen LogP contribution in [0.25, 0.3) is 0 Å². The molecule has 0 spiro atoms. The van der Waals surface area contributed by atoms with Gasteiger partial charge in [-0.15, -0.1) is 11.6 Å². The van der Waals surface area contributed by atoms with Crippen LogP contribution in [0.2, 0.25) is 0 Å².